The third-order valence-corrected chi connectivity index (χ3v) is 5.02. The molecular weight excluding hydrogens is 358 g/mol. The lowest BCUT2D eigenvalue weighted by Gasteiger charge is -2.19. The summed E-state index contributed by atoms with van der Waals surface area (Å²) in [4.78, 5) is 17.0. The molecule has 0 bridgehead atoms. The molecule has 6 heteroatoms. The quantitative estimate of drug-likeness (QED) is 0.650. The summed E-state index contributed by atoms with van der Waals surface area (Å²) in [6.07, 6.45) is 0.187. The molecule has 3 aromatic rings. The van der Waals surface area contributed by atoms with E-state index in [1.807, 2.05) is 54.8 Å². The molecule has 5 nitrogen and oxygen atoms in total. The number of aromatic nitrogens is 1. The van der Waals surface area contributed by atoms with Crippen LogP contribution in [0.5, 0.6) is 5.75 Å². The molecule has 3 N–H and O–H groups in total. The Balaban J connectivity index is 1.78. The van der Waals surface area contributed by atoms with E-state index in [2.05, 4.69) is 17.2 Å². The highest BCUT2D eigenvalue weighted by atomic mass is 32.1. The number of hydrogen-bond acceptors (Lipinski definition) is 5. The first kappa shape index (κ1) is 18.9. The zero-order valence-electron chi connectivity index (χ0n) is 15.7. The zero-order valence-corrected chi connectivity index (χ0v) is 16.5. The number of nitrogen functional groups attached to an aromatic ring is 1. The summed E-state index contributed by atoms with van der Waals surface area (Å²) in [7, 11) is 0. The van der Waals surface area contributed by atoms with Gasteiger partial charge < -0.3 is 15.8 Å². The summed E-state index contributed by atoms with van der Waals surface area (Å²) in [5.74, 6) is 0.414. The number of carbonyl (C=O) groups excluding carboxylic acids is 1. The van der Waals surface area contributed by atoms with Gasteiger partial charge in [-0.2, -0.15) is 0 Å². The van der Waals surface area contributed by atoms with Gasteiger partial charge in [0.05, 0.1) is 5.69 Å². The van der Waals surface area contributed by atoms with Crippen molar-refractivity contribution in [1.82, 2.24) is 4.98 Å². The maximum absolute atomic E-state index is 12.7. The number of hydrogen-bond donors (Lipinski definition) is 2. The lowest BCUT2D eigenvalue weighted by molar-refractivity contribution is -0.122. The smallest absolute Gasteiger partial charge is 0.265 e. The summed E-state index contributed by atoms with van der Waals surface area (Å²) >= 11 is 1.37. The molecule has 0 aliphatic carbocycles. The first-order chi connectivity index (χ1) is 13.0. The fourth-order valence-electron chi connectivity index (χ4n) is 2.86. The second-order valence-electron chi connectivity index (χ2n) is 6.28. The van der Waals surface area contributed by atoms with E-state index in [1.165, 1.54) is 11.3 Å². The van der Waals surface area contributed by atoms with Gasteiger partial charge in [0.25, 0.3) is 5.91 Å². The van der Waals surface area contributed by atoms with Gasteiger partial charge in [0, 0.05) is 16.6 Å². The molecule has 1 unspecified atom stereocenters. The van der Waals surface area contributed by atoms with Gasteiger partial charge in [-0.1, -0.05) is 37.3 Å². The highest BCUT2D eigenvalue weighted by Crippen LogP contribution is 2.32. The summed E-state index contributed by atoms with van der Waals surface area (Å²) < 4.78 is 5.97. The van der Waals surface area contributed by atoms with Gasteiger partial charge in [-0.3, -0.25) is 4.79 Å². The van der Waals surface area contributed by atoms with Crippen LogP contribution >= 0.6 is 11.3 Å². The Morgan fingerprint density at radius 2 is 2.04 bits per heavy atom. The number of nitrogens with two attached hydrogens (primary N) is 1. The largest absolute Gasteiger partial charge is 0.480 e. The Hall–Kier alpha value is -2.86. The summed E-state index contributed by atoms with van der Waals surface area (Å²) in [5.41, 5.74) is 10.3. The summed E-state index contributed by atoms with van der Waals surface area (Å²) in [6.45, 7) is 5.80. The normalized spacial score (nSPS) is 11.8. The van der Waals surface area contributed by atoms with Crippen molar-refractivity contribution in [2.45, 2.75) is 33.3 Å². The third-order valence-electron chi connectivity index (χ3n) is 4.35. The molecule has 1 aromatic heterocycles. The minimum atomic E-state index is -0.661. The summed E-state index contributed by atoms with van der Waals surface area (Å²) in [5, 5.41) is 5.39. The van der Waals surface area contributed by atoms with E-state index >= 15 is 0 Å². The predicted octanol–water partition coefficient (Wildman–Crippen LogP) is 4.67. The van der Waals surface area contributed by atoms with Crippen molar-refractivity contribution in [2.24, 2.45) is 0 Å². The van der Waals surface area contributed by atoms with Crippen LogP contribution in [-0.2, 0) is 11.2 Å². The number of benzene rings is 2. The van der Waals surface area contributed by atoms with E-state index in [9.17, 15) is 4.79 Å². The molecular formula is C21H23N3O2S. The van der Waals surface area contributed by atoms with Gasteiger partial charge in [-0.15, -0.1) is 11.3 Å². The minimum absolute atomic E-state index is 0.188. The van der Waals surface area contributed by atoms with E-state index in [4.69, 9.17) is 10.5 Å². The minimum Gasteiger partial charge on any atom is -0.480 e. The molecule has 0 aliphatic rings. The van der Waals surface area contributed by atoms with Crippen LogP contribution in [0, 0.1) is 6.92 Å². The van der Waals surface area contributed by atoms with Crippen LogP contribution in [0.1, 0.15) is 25.0 Å². The Labute approximate surface area is 163 Å². The molecule has 3 rings (SSSR count). The standard InChI is InChI=1S/C21H23N3O2S/c1-4-15-9-7-8-13(2)19(15)24-20(25)14(3)26-18-11-6-5-10-16(18)17-12-27-21(22)23-17/h5-12,14H,4H2,1-3H3,(H2,22,23)(H,24,25). The number of amides is 1. The number of ether oxygens (including phenoxy) is 1. The topological polar surface area (TPSA) is 77.2 Å². The lowest BCUT2D eigenvalue weighted by atomic mass is 10.1. The number of carbonyl (C=O) groups is 1. The Morgan fingerprint density at radius 1 is 1.26 bits per heavy atom. The van der Waals surface area contributed by atoms with Crippen LogP contribution in [-0.4, -0.2) is 17.0 Å². The van der Waals surface area contributed by atoms with E-state index in [0.717, 1.165) is 34.5 Å². The zero-order chi connectivity index (χ0) is 19.4. The monoisotopic (exact) mass is 381 g/mol. The Bertz CT molecular complexity index is 952. The van der Waals surface area contributed by atoms with Crippen LogP contribution in [0.4, 0.5) is 10.8 Å². The van der Waals surface area contributed by atoms with E-state index in [-0.39, 0.29) is 5.91 Å². The molecule has 0 radical (unpaired) electrons. The molecule has 1 atom stereocenters. The highest BCUT2D eigenvalue weighted by Gasteiger charge is 2.19. The van der Waals surface area contributed by atoms with Gasteiger partial charge in [-0.25, -0.2) is 4.98 Å². The molecule has 1 amide bonds. The van der Waals surface area contributed by atoms with Crippen molar-refractivity contribution in [2.75, 3.05) is 11.1 Å². The third kappa shape index (κ3) is 4.28. The van der Waals surface area contributed by atoms with Gasteiger partial charge in [0.2, 0.25) is 0 Å². The lowest BCUT2D eigenvalue weighted by Crippen LogP contribution is -2.31. The maximum atomic E-state index is 12.7. The van der Waals surface area contributed by atoms with Crippen LogP contribution in [0.3, 0.4) is 0 Å². The molecule has 140 valence electrons. The number of nitrogens with one attached hydrogen (secondary N) is 1. The van der Waals surface area contributed by atoms with Gasteiger partial charge >= 0.3 is 0 Å². The average Bonchev–Trinajstić information content (AvgIpc) is 3.09. The van der Waals surface area contributed by atoms with Crippen LogP contribution in [0.15, 0.2) is 47.8 Å². The highest BCUT2D eigenvalue weighted by molar-refractivity contribution is 7.13. The number of nitrogens with zero attached hydrogens (tertiary/aromatic N) is 1. The Morgan fingerprint density at radius 3 is 2.74 bits per heavy atom. The molecule has 27 heavy (non-hydrogen) atoms. The molecule has 0 spiro atoms. The van der Waals surface area contributed by atoms with Crippen molar-refractivity contribution >= 4 is 28.1 Å². The second kappa shape index (κ2) is 8.22. The molecule has 2 aromatic carbocycles. The van der Waals surface area contributed by atoms with Crippen molar-refractivity contribution in [1.29, 1.82) is 0 Å². The van der Waals surface area contributed by atoms with Gasteiger partial charge in [0.15, 0.2) is 11.2 Å². The van der Waals surface area contributed by atoms with Gasteiger partial charge in [0.1, 0.15) is 5.75 Å². The number of thiazole rings is 1. The fraction of sp³-hybridized carbons (Fsp3) is 0.238. The number of para-hydroxylation sites is 2. The van der Waals surface area contributed by atoms with Crippen molar-refractivity contribution in [3.05, 3.63) is 59.0 Å². The van der Waals surface area contributed by atoms with Crippen LogP contribution in [0.2, 0.25) is 0 Å². The molecule has 0 fully saturated rings. The first-order valence-electron chi connectivity index (χ1n) is 8.86. The van der Waals surface area contributed by atoms with Gasteiger partial charge in [-0.05, 0) is 43.5 Å². The van der Waals surface area contributed by atoms with E-state index < -0.39 is 6.10 Å². The maximum Gasteiger partial charge on any atom is 0.265 e. The SMILES string of the molecule is CCc1cccc(C)c1NC(=O)C(C)Oc1ccccc1-c1csc(N)n1. The number of anilines is 2. The predicted molar refractivity (Wildman–Crippen MR) is 111 cm³/mol. The molecule has 1 heterocycles. The molecule has 0 saturated heterocycles. The number of aryl methyl sites for hydroxylation is 2. The first-order valence-corrected chi connectivity index (χ1v) is 9.74. The number of rotatable bonds is 6. The van der Waals surface area contributed by atoms with Crippen molar-refractivity contribution < 1.29 is 9.53 Å². The van der Waals surface area contributed by atoms with Crippen molar-refractivity contribution in [3.8, 4) is 17.0 Å². The van der Waals surface area contributed by atoms with E-state index in [1.54, 1.807) is 6.92 Å². The summed E-state index contributed by atoms with van der Waals surface area (Å²) in [6, 6.07) is 13.5. The fourth-order valence-corrected chi connectivity index (χ4v) is 3.43. The van der Waals surface area contributed by atoms with Crippen molar-refractivity contribution in [3.63, 3.8) is 0 Å². The Kier molecular flexibility index (Phi) is 5.76. The molecule has 0 aliphatic heterocycles. The molecule has 0 saturated carbocycles. The second-order valence-corrected chi connectivity index (χ2v) is 7.17. The van der Waals surface area contributed by atoms with Crippen LogP contribution in [0.25, 0.3) is 11.3 Å². The average molecular weight is 382 g/mol. The van der Waals surface area contributed by atoms with Crippen LogP contribution < -0.4 is 15.8 Å². The van der Waals surface area contributed by atoms with E-state index in [0.29, 0.717) is 10.9 Å².